The summed E-state index contributed by atoms with van der Waals surface area (Å²) in [4.78, 5) is 13.7. The first-order valence-electron chi connectivity index (χ1n) is 12.8. The summed E-state index contributed by atoms with van der Waals surface area (Å²) in [6.07, 6.45) is 1.78. The van der Waals surface area contributed by atoms with Gasteiger partial charge in [-0.05, 0) is 54.2 Å². The molecule has 0 spiro atoms. The zero-order valence-corrected chi connectivity index (χ0v) is 21.6. The molecule has 5 rings (SSSR count). The number of methoxy groups -OCH3 is 1. The highest BCUT2D eigenvalue weighted by Gasteiger charge is 2.37. The van der Waals surface area contributed by atoms with E-state index in [1.54, 1.807) is 38.3 Å². The van der Waals surface area contributed by atoms with Crippen molar-refractivity contribution in [1.82, 2.24) is 10.6 Å². The molecule has 192 valence electrons. The number of aryl methyl sites for hydroxylation is 1. The normalized spacial score (nSPS) is 15.7. The van der Waals surface area contributed by atoms with Crippen molar-refractivity contribution in [2.24, 2.45) is 5.92 Å². The van der Waals surface area contributed by atoms with Crippen molar-refractivity contribution in [1.29, 1.82) is 0 Å². The minimum absolute atomic E-state index is 0.0117. The van der Waals surface area contributed by atoms with Gasteiger partial charge in [-0.2, -0.15) is 0 Å². The van der Waals surface area contributed by atoms with Crippen molar-refractivity contribution < 1.29 is 13.5 Å². The molecular weight excluding hydrogens is 467 g/mol. The smallest absolute Gasteiger partial charge is 0.196 e. The van der Waals surface area contributed by atoms with Crippen LogP contribution < -0.4 is 20.8 Å². The van der Waals surface area contributed by atoms with Crippen LogP contribution in [0.4, 0.5) is 4.39 Å². The lowest BCUT2D eigenvalue weighted by Gasteiger charge is -2.33. The molecule has 1 fully saturated rings. The highest BCUT2D eigenvalue weighted by molar-refractivity contribution is 5.79. The van der Waals surface area contributed by atoms with Gasteiger partial charge >= 0.3 is 0 Å². The minimum Gasteiger partial charge on any atom is -0.497 e. The monoisotopic (exact) mass is 500 g/mol. The second-order valence-corrected chi connectivity index (χ2v) is 10.1. The lowest BCUT2D eigenvalue weighted by molar-refractivity contribution is 0.259. The van der Waals surface area contributed by atoms with Gasteiger partial charge in [-0.1, -0.05) is 49.4 Å². The minimum atomic E-state index is -0.534. The van der Waals surface area contributed by atoms with Crippen LogP contribution in [0, 0.1) is 18.7 Å². The summed E-state index contributed by atoms with van der Waals surface area (Å²) in [5.41, 5.74) is 3.23. The summed E-state index contributed by atoms with van der Waals surface area (Å²) in [7, 11) is 1.60. The highest BCUT2D eigenvalue weighted by Crippen LogP contribution is 2.32. The fraction of sp³-hybridized carbons (Fsp3) is 0.323. The van der Waals surface area contributed by atoms with Gasteiger partial charge in [-0.25, -0.2) is 4.39 Å². The number of halogens is 1. The molecular formula is C31H33FN2O3. The zero-order chi connectivity index (χ0) is 26.0. The van der Waals surface area contributed by atoms with E-state index in [2.05, 4.69) is 17.6 Å². The molecule has 0 bridgehead atoms. The van der Waals surface area contributed by atoms with Crippen LogP contribution in [-0.2, 0) is 18.5 Å². The summed E-state index contributed by atoms with van der Waals surface area (Å²) in [6, 6.07) is 20.7. The zero-order valence-electron chi connectivity index (χ0n) is 21.6. The molecule has 2 N–H and O–H groups in total. The van der Waals surface area contributed by atoms with E-state index in [0.717, 1.165) is 24.2 Å². The lowest BCUT2D eigenvalue weighted by Crippen LogP contribution is -2.47. The Bertz CT molecular complexity index is 1460. The average Bonchev–Trinajstić information content (AvgIpc) is 3.37. The van der Waals surface area contributed by atoms with Crippen LogP contribution in [0.1, 0.15) is 41.4 Å². The molecule has 2 heterocycles. The van der Waals surface area contributed by atoms with Crippen molar-refractivity contribution in [3.8, 4) is 5.75 Å². The Hall–Kier alpha value is -3.48. The Morgan fingerprint density at radius 3 is 2.51 bits per heavy atom. The summed E-state index contributed by atoms with van der Waals surface area (Å²) in [5.74, 6) is 1.25. The maximum absolute atomic E-state index is 14.5. The van der Waals surface area contributed by atoms with E-state index in [4.69, 9.17) is 9.15 Å². The Morgan fingerprint density at radius 2 is 1.81 bits per heavy atom. The van der Waals surface area contributed by atoms with Crippen molar-refractivity contribution in [2.75, 3.05) is 20.2 Å². The summed E-state index contributed by atoms with van der Waals surface area (Å²) in [6.45, 7) is 5.52. The molecule has 1 aromatic heterocycles. The number of benzene rings is 3. The lowest BCUT2D eigenvalue weighted by atomic mass is 9.86. The number of fused-ring (bicyclic) bond motifs is 1. The van der Waals surface area contributed by atoms with Crippen LogP contribution >= 0.6 is 0 Å². The number of nitrogens with one attached hydrogen (secondary N) is 2. The predicted molar refractivity (Wildman–Crippen MR) is 145 cm³/mol. The molecule has 0 amide bonds. The van der Waals surface area contributed by atoms with Crippen LogP contribution in [0.3, 0.4) is 0 Å². The van der Waals surface area contributed by atoms with Gasteiger partial charge < -0.3 is 9.15 Å². The maximum atomic E-state index is 14.5. The first-order chi connectivity index (χ1) is 17.9. The first kappa shape index (κ1) is 25.2. The third-order valence-corrected chi connectivity index (χ3v) is 7.33. The van der Waals surface area contributed by atoms with E-state index in [1.165, 1.54) is 0 Å². The van der Waals surface area contributed by atoms with E-state index in [1.807, 2.05) is 42.5 Å². The van der Waals surface area contributed by atoms with Gasteiger partial charge in [0.2, 0.25) is 0 Å². The SMILES string of the molecule is COc1ccc2c(=O)c(Cc3ccccc3)c(CC(C)CC3(c4ccc(C)c(F)c4)NCCN3)oc2c1. The van der Waals surface area contributed by atoms with Crippen molar-refractivity contribution >= 4 is 11.0 Å². The van der Waals surface area contributed by atoms with Gasteiger partial charge in [0, 0.05) is 37.6 Å². The van der Waals surface area contributed by atoms with Gasteiger partial charge in [0.05, 0.1) is 18.2 Å². The van der Waals surface area contributed by atoms with Gasteiger partial charge in [0.25, 0.3) is 0 Å². The van der Waals surface area contributed by atoms with E-state index in [9.17, 15) is 9.18 Å². The molecule has 5 nitrogen and oxygen atoms in total. The number of rotatable bonds is 8. The Balaban J connectivity index is 1.51. The van der Waals surface area contributed by atoms with Crippen molar-refractivity contribution in [3.63, 3.8) is 0 Å². The molecule has 4 aromatic rings. The summed E-state index contributed by atoms with van der Waals surface area (Å²) in [5, 5.41) is 7.70. The van der Waals surface area contributed by atoms with Gasteiger partial charge in [-0.15, -0.1) is 0 Å². The Labute approximate surface area is 216 Å². The quantitative estimate of drug-likeness (QED) is 0.337. The maximum Gasteiger partial charge on any atom is 0.196 e. The molecule has 1 saturated heterocycles. The molecule has 1 atom stereocenters. The largest absolute Gasteiger partial charge is 0.497 e. The van der Waals surface area contributed by atoms with Crippen LogP contribution in [-0.4, -0.2) is 20.2 Å². The topological polar surface area (TPSA) is 63.5 Å². The van der Waals surface area contributed by atoms with E-state index >= 15 is 0 Å². The predicted octanol–water partition coefficient (Wildman–Crippen LogP) is 5.45. The molecule has 6 heteroatoms. The third kappa shape index (κ3) is 5.17. The molecule has 1 aliphatic heterocycles. The molecule has 0 saturated carbocycles. The fourth-order valence-corrected chi connectivity index (χ4v) is 5.38. The Morgan fingerprint density at radius 1 is 1.05 bits per heavy atom. The van der Waals surface area contributed by atoms with Crippen molar-refractivity contribution in [2.45, 2.75) is 38.8 Å². The van der Waals surface area contributed by atoms with Crippen LogP contribution in [0.15, 0.2) is 75.9 Å². The van der Waals surface area contributed by atoms with Crippen molar-refractivity contribution in [3.05, 3.63) is 111 Å². The third-order valence-electron chi connectivity index (χ3n) is 7.33. The van der Waals surface area contributed by atoms with E-state index in [0.29, 0.717) is 52.9 Å². The fourth-order valence-electron chi connectivity index (χ4n) is 5.38. The van der Waals surface area contributed by atoms with Gasteiger partial charge in [-0.3, -0.25) is 15.4 Å². The molecule has 1 aliphatic rings. The van der Waals surface area contributed by atoms with Gasteiger partial charge in [0.1, 0.15) is 22.9 Å². The first-order valence-corrected chi connectivity index (χ1v) is 12.8. The summed E-state index contributed by atoms with van der Waals surface area (Å²) < 4.78 is 26.3. The van der Waals surface area contributed by atoms with Crippen LogP contribution in [0.2, 0.25) is 0 Å². The second kappa shape index (κ2) is 10.5. The summed E-state index contributed by atoms with van der Waals surface area (Å²) >= 11 is 0. The molecule has 1 unspecified atom stereocenters. The second-order valence-electron chi connectivity index (χ2n) is 10.1. The van der Waals surface area contributed by atoms with Crippen LogP contribution in [0.5, 0.6) is 5.75 Å². The number of hydrogen-bond acceptors (Lipinski definition) is 5. The molecule has 3 aromatic carbocycles. The Kier molecular flexibility index (Phi) is 7.13. The molecule has 0 radical (unpaired) electrons. The van der Waals surface area contributed by atoms with E-state index in [-0.39, 0.29) is 17.2 Å². The molecule has 37 heavy (non-hydrogen) atoms. The molecule has 0 aliphatic carbocycles. The standard InChI is InChI=1S/C31H33FN2O3/c1-20(19-31(33-13-14-34-31)23-10-9-21(2)27(32)17-23)15-28-26(16-22-7-5-4-6-8-22)30(35)25-12-11-24(36-3)18-29(25)37-28/h4-12,17-18,20,33-34H,13-16,19H2,1-3H3. The highest BCUT2D eigenvalue weighted by atomic mass is 19.1. The van der Waals surface area contributed by atoms with E-state index < -0.39 is 5.66 Å². The number of ether oxygens (including phenoxy) is 1. The number of hydrogen-bond donors (Lipinski definition) is 2. The van der Waals surface area contributed by atoms with Gasteiger partial charge in [0.15, 0.2) is 5.43 Å². The average molecular weight is 501 g/mol. The van der Waals surface area contributed by atoms with Crippen LogP contribution in [0.25, 0.3) is 11.0 Å².